The number of rotatable bonds is 9. The lowest BCUT2D eigenvalue weighted by Gasteiger charge is -2.19. The Morgan fingerprint density at radius 2 is 1.65 bits per heavy atom. The highest BCUT2D eigenvalue weighted by Crippen LogP contribution is 2.31. The van der Waals surface area contributed by atoms with Gasteiger partial charge < -0.3 is 4.74 Å². The molecule has 43 heavy (non-hydrogen) atoms. The summed E-state index contributed by atoms with van der Waals surface area (Å²) in [5.74, 6) is 1.29. The summed E-state index contributed by atoms with van der Waals surface area (Å²) in [6, 6.07) is 25.9. The van der Waals surface area contributed by atoms with E-state index in [1.807, 2.05) is 77.7 Å². The normalized spacial score (nSPS) is 11.7. The van der Waals surface area contributed by atoms with Gasteiger partial charge in [-0.15, -0.1) is 10.2 Å². The molecule has 0 spiro atoms. The van der Waals surface area contributed by atoms with Crippen LogP contribution < -0.4 is 10.2 Å². The van der Waals surface area contributed by atoms with Gasteiger partial charge in [-0.05, 0) is 61.2 Å². The Hall–Kier alpha value is -4.70. The monoisotopic (exact) mass is 593 g/mol. The van der Waals surface area contributed by atoms with E-state index >= 15 is 0 Å². The van der Waals surface area contributed by atoms with Crippen molar-refractivity contribution in [2.75, 3.05) is 12.9 Å². The molecular weight excluding hydrogens is 558 g/mol. The number of thioether (sulfide) groups is 1. The molecule has 0 unspecified atom stereocenters. The summed E-state index contributed by atoms with van der Waals surface area (Å²) in [4.78, 5) is 12.8. The van der Waals surface area contributed by atoms with Crippen LogP contribution in [0.5, 0.6) is 5.75 Å². The summed E-state index contributed by atoms with van der Waals surface area (Å²) >= 11 is 1.29. The lowest BCUT2D eigenvalue weighted by molar-refractivity contribution is -0.118. The summed E-state index contributed by atoms with van der Waals surface area (Å²) in [6.07, 6.45) is 1.64. The number of aromatic nitrogens is 5. The third kappa shape index (κ3) is 6.70. The van der Waals surface area contributed by atoms with Crippen LogP contribution in [0.15, 0.2) is 89.1 Å². The predicted molar refractivity (Wildman–Crippen MR) is 172 cm³/mol. The Kier molecular flexibility index (Phi) is 8.77. The average Bonchev–Trinajstić information content (AvgIpc) is 3.56. The number of amides is 1. The summed E-state index contributed by atoms with van der Waals surface area (Å²) in [5.41, 5.74) is 9.29. The van der Waals surface area contributed by atoms with E-state index in [9.17, 15) is 4.79 Å². The molecule has 0 fully saturated rings. The highest BCUT2D eigenvalue weighted by molar-refractivity contribution is 7.99. The molecule has 2 heterocycles. The number of para-hydroxylation sites is 1. The molecule has 0 radical (unpaired) electrons. The Balaban J connectivity index is 1.33. The Morgan fingerprint density at radius 1 is 0.953 bits per heavy atom. The van der Waals surface area contributed by atoms with Gasteiger partial charge in [0, 0.05) is 16.8 Å². The van der Waals surface area contributed by atoms with E-state index in [1.165, 1.54) is 17.3 Å². The molecule has 1 amide bonds. The van der Waals surface area contributed by atoms with Crippen molar-refractivity contribution in [2.45, 2.75) is 45.2 Å². The average molecular weight is 594 g/mol. The first kappa shape index (κ1) is 29.8. The maximum Gasteiger partial charge on any atom is 0.250 e. The van der Waals surface area contributed by atoms with Gasteiger partial charge in [0.2, 0.25) is 0 Å². The zero-order valence-electron chi connectivity index (χ0n) is 25.2. The maximum absolute atomic E-state index is 12.8. The third-order valence-corrected chi connectivity index (χ3v) is 7.97. The molecule has 5 aromatic rings. The largest absolute Gasteiger partial charge is 0.497 e. The summed E-state index contributed by atoms with van der Waals surface area (Å²) in [7, 11) is 1.64. The van der Waals surface area contributed by atoms with E-state index in [1.54, 1.807) is 13.3 Å². The number of carbonyl (C=O) groups excluding carboxylic acids is 1. The van der Waals surface area contributed by atoms with E-state index in [0.717, 1.165) is 39.6 Å². The molecule has 2 aromatic heterocycles. The highest BCUT2D eigenvalue weighted by atomic mass is 32.2. The van der Waals surface area contributed by atoms with Crippen LogP contribution in [0.4, 0.5) is 0 Å². The lowest BCUT2D eigenvalue weighted by atomic mass is 9.87. The molecular formula is C33H35N7O2S. The molecule has 0 aliphatic carbocycles. The van der Waals surface area contributed by atoms with Gasteiger partial charge in [0.25, 0.3) is 5.91 Å². The van der Waals surface area contributed by atoms with Crippen LogP contribution in [0.25, 0.3) is 22.8 Å². The molecule has 3 aromatic carbocycles. The lowest BCUT2D eigenvalue weighted by Crippen LogP contribution is -2.20. The number of methoxy groups -OCH3 is 1. The fourth-order valence-electron chi connectivity index (χ4n) is 4.63. The Labute approximate surface area is 256 Å². The van der Waals surface area contributed by atoms with Gasteiger partial charge >= 0.3 is 0 Å². The maximum atomic E-state index is 12.8. The smallest absolute Gasteiger partial charge is 0.250 e. The molecule has 0 aliphatic heterocycles. The molecule has 10 heteroatoms. The van der Waals surface area contributed by atoms with Gasteiger partial charge in [0.1, 0.15) is 5.75 Å². The van der Waals surface area contributed by atoms with E-state index in [-0.39, 0.29) is 17.1 Å². The van der Waals surface area contributed by atoms with Gasteiger partial charge in [-0.3, -0.25) is 9.36 Å². The predicted octanol–water partition coefficient (Wildman–Crippen LogP) is 6.29. The number of ether oxygens (including phenoxy) is 1. The second-order valence-electron chi connectivity index (χ2n) is 11.1. The first-order valence-electron chi connectivity index (χ1n) is 13.9. The number of hydrogen-bond acceptors (Lipinski definition) is 7. The van der Waals surface area contributed by atoms with Crippen LogP contribution in [0.1, 0.15) is 43.3 Å². The van der Waals surface area contributed by atoms with Crippen LogP contribution in [0, 0.1) is 13.8 Å². The second kappa shape index (κ2) is 12.7. The van der Waals surface area contributed by atoms with Crippen LogP contribution in [0.3, 0.4) is 0 Å². The van der Waals surface area contributed by atoms with Gasteiger partial charge in [-0.25, -0.2) is 10.1 Å². The topological polar surface area (TPSA) is 99.2 Å². The first-order valence-corrected chi connectivity index (χ1v) is 14.9. The van der Waals surface area contributed by atoms with Crippen molar-refractivity contribution in [2.24, 2.45) is 5.10 Å². The first-order chi connectivity index (χ1) is 20.7. The zero-order valence-corrected chi connectivity index (χ0v) is 26.0. The van der Waals surface area contributed by atoms with E-state index in [0.29, 0.717) is 11.0 Å². The van der Waals surface area contributed by atoms with Crippen molar-refractivity contribution >= 4 is 23.9 Å². The number of nitrogens with one attached hydrogen (secondary N) is 1. The summed E-state index contributed by atoms with van der Waals surface area (Å²) in [6.45, 7) is 10.5. The van der Waals surface area contributed by atoms with Crippen molar-refractivity contribution in [1.82, 2.24) is 30.0 Å². The number of aryl methyl sites for hydroxylation is 1. The molecule has 0 atom stereocenters. The Bertz CT molecular complexity index is 1730. The Morgan fingerprint density at radius 3 is 2.30 bits per heavy atom. The van der Waals surface area contributed by atoms with Crippen LogP contribution >= 0.6 is 11.8 Å². The number of hydrogen-bond donors (Lipinski definition) is 1. The molecule has 0 aliphatic rings. The van der Waals surface area contributed by atoms with Crippen molar-refractivity contribution in [1.29, 1.82) is 0 Å². The summed E-state index contributed by atoms with van der Waals surface area (Å²) < 4.78 is 9.17. The fraction of sp³-hybridized carbons (Fsp3) is 0.242. The number of hydrazone groups is 1. The number of benzene rings is 3. The second-order valence-corrected chi connectivity index (χ2v) is 12.0. The van der Waals surface area contributed by atoms with Crippen LogP contribution in [-0.4, -0.2) is 49.5 Å². The number of carbonyl (C=O) groups is 1. The minimum atomic E-state index is -0.257. The van der Waals surface area contributed by atoms with Gasteiger partial charge in [0.05, 0.1) is 36.2 Å². The molecule has 0 bridgehead atoms. The van der Waals surface area contributed by atoms with E-state index < -0.39 is 0 Å². The van der Waals surface area contributed by atoms with Gasteiger partial charge in [0.15, 0.2) is 11.0 Å². The zero-order chi connectivity index (χ0) is 30.6. The molecule has 9 nitrogen and oxygen atoms in total. The van der Waals surface area contributed by atoms with E-state index in [4.69, 9.17) is 4.74 Å². The molecule has 220 valence electrons. The van der Waals surface area contributed by atoms with Gasteiger partial charge in [-0.1, -0.05) is 75.0 Å². The third-order valence-electron chi connectivity index (χ3n) is 7.04. The SMILES string of the molecule is COc1ccc(-n2c(SCC(=O)NN=Cc3c(C)nn(-c4ccccc4)c3C)nnc2-c2ccc(C(C)(C)C)cc2)cc1. The summed E-state index contributed by atoms with van der Waals surface area (Å²) in [5, 5.41) is 18.4. The molecule has 5 rings (SSSR count). The molecule has 1 N–H and O–H groups in total. The van der Waals surface area contributed by atoms with Crippen LogP contribution in [-0.2, 0) is 10.2 Å². The van der Waals surface area contributed by atoms with E-state index in [2.05, 4.69) is 70.9 Å². The van der Waals surface area contributed by atoms with Gasteiger partial charge in [-0.2, -0.15) is 10.2 Å². The number of nitrogens with zero attached hydrogens (tertiary/aromatic N) is 6. The fourth-order valence-corrected chi connectivity index (χ4v) is 5.37. The minimum Gasteiger partial charge on any atom is -0.497 e. The van der Waals surface area contributed by atoms with Crippen LogP contribution in [0.2, 0.25) is 0 Å². The van der Waals surface area contributed by atoms with Crippen molar-refractivity contribution in [3.8, 4) is 28.5 Å². The standard InChI is InChI=1S/C33H35N7O2S/c1-22-29(23(2)40(38-22)27-10-8-7-9-11-27)20-34-35-30(41)21-43-32-37-36-31(24-12-14-25(15-13-24)33(3,4)5)39(32)26-16-18-28(42-6)19-17-26/h7-20H,21H2,1-6H3,(H,35,41). The quantitative estimate of drug-likeness (QED) is 0.123. The van der Waals surface area contributed by atoms with Crippen molar-refractivity contribution in [3.05, 3.63) is 101 Å². The highest BCUT2D eigenvalue weighted by Gasteiger charge is 2.19. The minimum absolute atomic E-state index is 0.0405. The van der Waals surface area contributed by atoms with Crippen molar-refractivity contribution in [3.63, 3.8) is 0 Å². The van der Waals surface area contributed by atoms with Crippen molar-refractivity contribution < 1.29 is 9.53 Å². The molecule has 0 saturated heterocycles. The molecule has 0 saturated carbocycles.